The molecule has 4 heteroatoms. The molecule has 0 bridgehead atoms. The molecular weight excluding hydrogens is 292 g/mol. The molecular formula is C14H13BrN2O. The van der Waals surface area contributed by atoms with Gasteiger partial charge in [0.1, 0.15) is 17.4 Å². The van der Waals surface area contributed by atoms with Crippen LogP contribution in [0.4, 0.5) is 0 Å². The van der Waals surface area contributed by atoms with E-state index in [2.05, 4.69) is 37.9 Å². The molecule has 92 valence electrons. The van der Waals surface area contributed by atoms with E-state index in [0.717, 1.165) is 40.8 Å². The number of oxime groups is 1. The summed E-state index contributed by atoms with van der Waals surface area (Å²) in [7, 11) is 1.56. The Bertz CT molecular complexity index is 552. The van der Waals surface area contributed by atoms with E-state index in [1.54, 1.807) is 7.11 Å². The second kappa shape index (κ2) is 6.36. The number of hydrogen-bond acceptors (Lipinski definition) is 3. The number of aromatic nitrogens is 1. The van der Waals surface area contributed by atoms with Crippen LogP contribution in [0.2, 0.25) is 0 Å². The lowest BCUT2D eigenvalue weighted by atomic mass is 9.98. The first-order chi connectivity index (χ1) is 8.78. The average molecular weight is 305 g/mol. The minimum absolute atomic E-state index is 0.765. The largest absolute Gasteiger partial charge is 0.399 e. The van der Waals surface area contributed by atoms with E-state index in [4.69, 9.17) is 4.84 Å². The first-order valence-electron chi connectivity index (χ1n) is 5.73. The normalized spacial score (nSPS) is 16.8. The number of rotatable bonds is 1. The van der Waals surface area contributed by atoms with Crippen LogP contribution < -0.4 is 0 Å². The summed E-state index contributed by atoms with van der Waals surface area (Å²) in [6, 6.07) is 5.70. The molecule has 0 N–H and O–H groups in total. The molecule has 0 radical (unpaired) electrons. The number of halogens is 1. The standard InChI is InChI=1S/C14H13BrN2O/c1-18-17-13-6-2-4-11(10-13)8-9-12-5-3-7-14(15)16-12/h3,5,7,10H,2,4,6H2,1H3/b17-13+. The number of nitrogens with zero attached hydrogens (tertiary/aromatic N) is 2. The SMILES string of the molecule is CO/N=C1/C=C(C#Cc2cccc(Br)n2)CCC1. The van der Waals surface area contributed by atoms with Crippen molar-refractivity contribution in [1.82, 2.24) is 4.98 Å². The quantitative estimate of drug-likeness (QED) is 0.453. The van der Waals surface area contributed by atoms with E-state index in [1.807, 2.05) is 24.3 Å². The third-order valence-corrected chi connectivity index (χ3v) is 2.94. The Morgan fingerprint density at radius 2 is 2.22 bits per heavy atom. The van der Waals surface area contributed by atoms with Crippen LogP contribution in [-0.4, -0.2) is 17.8 Å². The smallest absolute Gasteiger partial charge is 0.114 e. The van der Waals surface area contributed by atoms with Crippen molar-refractivity contribution in [3.8, 4) is 11.8 Å². The Kier molecular flexibility index (Phi) is 4.54. The molecule has 18 heavy (non-hydrogen) atoms. The Balaban J connectivity index is 2.17. The Hall–Kier alpha value is -1.60. The van der Waals surface area contributed by atoms with Gasteiger partial charge in [0.25, 0.3) is 0 Å². The van der Waals surface area contributed by atoms with E-state index in [-0.39, 0.29) is 0 Å². The molecule has 0 aromatic carbocycles. The molecule has 0 aliphatic heterocycles. The van der Waals surface area contributed by atoms with Crippen LogP contribution in [0.15, 0.2) is 39.6 Å². The van der Waals surface area contributed by atoms with Crippen molar-refractivity contribution < 1.29 is 4.84 Å². The lowest BCUT2D eigenvalue weighted by Crippen LogP contribution is -2.02. The zero-order valence-electron chi connectivity index (χ0n) is 10.1. The van der Waals surface area contributed by atoms with E-state index < -0.39 is 0 Å². The minimum Gasteiger partial charge on any atom is -0.399 e. The van der Waals surface area contributed by atoms with Crippen LogP contribution in [0.1, 0.15) is 25.0 Å². The van der Waals surface area contributed by atoms with Gasteiger partial charge in [-0.15, -0.1) is 0 Å². The molecule has 1 aliphatic rings. The zero-order valence-corrected chi connectivity index (χ0v) is 11.7. The summed E-state index contributed by atoms with van der Waals surface area (Å²) in [5, 5.41) is 3.95. The van der Waals surface area contributed by atoms with Crippen LogP contribution in [0.3, 0.4) is 0 Å². The second-order valence-corrected chi connectivity index (χ2v) is 4.70. The lowest BCUT2D eigenvalue weighted by Gasteiger charge is -2.08. The number of hydrogen-bond donors (Lipinski definition) is 0. The Labute approximate surface area is 115 Å². The predicted molar refractivity (Wildman–Crippen MR) is 75.2 cm³/mol. The highest BCUT2D eigenvalue weighted by Crippen LogP contribution is 2.15. The lowest BCUT2D eigenvalue weighted by molar-refractivity contribution is 0.213. The number of pyridine rings is 1. The van der Waals surface area contributed by atoms with Gasteiger partial charge in [0.15, 0.2) is 0 Å². The molecule has 0 saturated carbocycles. The maximum Gasteiger partial charge on any atom is 0.114 e. The predicted octanol–water partition coefficient (Wildman–Crippen LogP) is 3.31. The summed E-state index contributed by atoms with van der Waals surface area (Å²) >= 11 is 3.33. The van der Waals surface area contributed by atoms with Gasteiger partial charge in [0.2, 0.25) is 0 Å². The van der Waals surface area contributed by atoms with Gasteiger partial charge >= 0.3 is 0 Å². The van der Waals surface area contributed by atoms with E-state index in [9.17, 15) is 0 Å². The Morgan fingerprint density at radius 1 is 1.33 bits per heavy atom. The third kappa shape index (κ3) is 3.71. The van der Waals surface area contributed by atoms with Gasteiger partial charge in [0, 0.05) is 5.57 Å². The molecule has 3 nitrogen and oxygen atoms in total. The van der Waals surface area contributed by atoms with Crippen molar-refractivity contribution in [1.29, 1.82) is 0 Å². The topological polar surface area (TPSA) is 34.5 Å². The molecule has 0 atom stereocenters. The fourth-order valence-corrected chi connectivity index (χ4v) is 2.06. The highest BCUT2D eigenvalue weighted by Gasteiger charge is 2.07. The monoisotopic (exact) mass is 304 g/mol. The van der Waals surface area contributed by atoms with Crippen molar-refractivity contribution in [2.75, 3.05) is 7.11 Å². The van der Waals surface area contributed by atoms with Gasteiger partial charge in [-0.25, -0.2) is 4.98 Å². The maximum atomic E-state index is 4.78. The van der Waals surface area contributed by atoms with Crippen molar-refractivity contribution in [3.63, 3.8) is 0 Å². The van der Waals surface area contributed by atoms with Crippen molar-refractivity contribution in [2.45, 2.75) is 19.3 Å². The molecule has 2 rings (SSSR count). The summed E-state index contributed by atoms with van der Waals surface area (Å²) in [4.78, 5) is 9.06. The highest BCUT2D eigenvalue weighted by atomic mass is 79.9. The molecule has 1 aliphatic carbocycles. The van der Waals surface area contributed by atoms with Crippen molar-refractivity contribution >= 4 is 21.6 Å². The summed E-state index contributed by atoms with van der Waals surface area (Å²) in [5.74, 6) is 6.21. The summed E-state index contributed by atoms with van der Waals surface area (Å²) < 4.78 is 0.800. The fourth-order valence-electron chi connectivity index (χ4n) is 1.72. The second-order valence-electron chi connectivity index (χ2n) is 3.88. The average Bonchev–Trinajstić information content (AvgIpc) is 2.37. The van der Waals surface area contributed by atoms with E-state index >= 15 is 0 Å². The van der Waals surface area contributed by atoms with Gasteiger partial charge in [-0.05, 0) is 59.3 Å². The molecule has 0 fully saturated rings. The zero-order chi connectivity index (χ0) is 12.8. The maximum absolute atomic E-state index is 4.78. The fraction of sp³-hybridized carbons (Fsp3) is 0.286. The van der Waals surface area contributed by atoms with E-state index in [0.29, 0.717) is 0 Å². The molecule has 0 amide bonds. The number of allylic oxidation sites excluding steroid dienone is 2. The van der Waals surface area contributed by atoms with Crippen LogP contribution in [0, 0.1) is 11.8 Å². The van der Waals surface area contributed by atoms with Crippen LogP contribution in [0.5, 0.6) is 0 Å². The highest BCUT2D eigenvalue weighted by molar-refractivity contribution is 9.10. The van der Waals surface area contributed by atoms with Crippen LogP contribution >= 0.6 is 15.9 Å². The van der Waals surface area contributed by atoms with Crippen molar-refractivity contribution in [2.24, 2.45) is 5.16 Å². The first kappa shape index (κ1) is 12.8. The molecule has 0 spiro atoms. The minimum atomic E-state index is 0.765. The van der Waals surface area contributed by atoms with Gasteiger partial charge < -0.3 is 4.84 Å². The van der Waals surface area contributed by atoms with Crippen molar-refractivity contribution in [3.05, 3.63) is 40.1 Å². The van der Waals surface area contributed by atoms with E-state index in [1.165, 1.54) is 0 Å². The van der Waals surface area contributed by atoms with Gasteiger partial charge in [-0.3, -0.25) is 0 Å². The molecule has 1 aromatic heterocycles. The molecule has 0 saturated heterocycles. The summed E-state index contributed by atoms with van der Waals surface area (Å²) in [5.41, 5.74) is 2.80. The van der Waals surface area contributed by atoms with Gasteiger partial charge in [0.05, 0.1) is 5.71 Å². The summed E-state index contributed by atoms with van der Waals surface area (Å²) in [6.45, 7) is 0. The summed E-state index contributed by atoms with van der Waals surface area (Å²) in [6.07, 6.45) is 5.00. The molecule has 1 aromatic rings. The van der Waals surface area contributed by atoms with Gasteiger partial charge in [-0.1, -0.05) is 17.1 Å². The first-order valence-corrected chi connectivity index (χ1v) is 6.52. The van der Waals surface area contributed by atoms with Crippen LogP contribution in [0.25, 0.3) is 0 Å². The van der Waals surface area contributed by atoms with Crippen LogP contribution in [-0.2, 0) is 4.84 Å². The van der Waals surface area contributed by atoms with Gasteiger partial charge in [-0.2, -0.15) is 0 Å². The Morgan fingerprint density at radius 3 is 3.00 bits per heavy atom. The molecule has 1 heterocycles. The molecule has 0 unspecified atom stereocenters. The third-order valence-electron chi connectivity index (χ3n) is 2.49.